The fraction of sp³-hybridized carbons (Fsp3) is 0.250. The molecule has 0 atom stereocenters. The number of amides is 1. The molecule has 0 bridgehead atoms. The molecule has 2 aromatic rings. The summed E-state index contributed by atoms with van der Waals surface area (Å²) < 4.78 is 0. The molecule has 19 heavy (non-hydrogen) atoms. The van der Waals surface area contributed by atoms with Gasteiger partial charge < -0.3 is 5.32 Å². The quantitative estimate of drug-likeness (QED) is 0.908. The third-order valence-corrected chi connectivity index (χ3v) is 2.93. The Morgan fingerprint density at radius 3 is 2.47 bits per heavy atom. The van der Waals surface area contributed by atoms with Crippen molar-refractivity contribution in [2.45, 2.75) is 26.2 Å². The molecule has 3 heteroatoms. The van der Waals surface area contributed by atoms with E-state index in [1.54, 1.807) is 6.20 Å². The van der Waals surface area contributed by atoms with Crippen LogP contribution in [0, 0.1) is 0 Å². The van der Waals surface area contributed by atoms with Crippen molar-refractivity contribution in [3.63, 3.8) is 0 Å². The SMILES string of the molecule is CC(C)c1ccc(NC(=O)Cc2ccccn2)cc1. The van der Waals surface area contributed by atoms with Gasteiger partial charge in [0.1, 0.15) is 0 Å². The van der Waals surface area contributed by atoms with Crippen molar-refractivity contribution in [2.24, 2.45) is 0 Å². The smallest absolute Gasteiger partial charge is 0.230 e. The summed E-state index contributed by atoms with van der Waals surface area (Å²) in [7, 11) is 0. The monoisotopic (exact) mass is 254 g/mol. The molecule has 0 saturated carbocycles. The largest absolute Gasteiger partial charge is 0.326 e. The number of rotatable bonds is 4. The van der Waals surface area contributed by atoms with Gasteiger partial charge in [0.25, 0.3) is 0 Å². The van der Waals surface area contributed by atoms with Crippen molar-refractivity contribution in [2.75, 3.05) is 5.32 Å². The molecule has 1 aromatic carbocycles. The average Bonchev–Trinajstić information content (AvgIpc) is 2.40. The standard InChI is InChI=1S/C16H18N2O/c1-12(2)13-6-8-14(9-7-13)18-16(19)11-15-5-3-4-10-17-15/h3-10,12H,11H2,1-2H3,(H,18,19). The summed E-state index contributed by atoms with van der Waals surface area (Å²) in [5.41, 5.74) is 2.87. The Hall–Kier alpha value is -2.16. The van der Waals surface area contributed by atoms with Gasteiger partial charge in [-0.15, -0.1) is 0 Å². The van der Waals surface area contributed by atoms with Gasteiger partial charge in [0.2, 0.25) is 5.91 Å². The van der Waals surface area contributed by atoms with Crippen LogP contribution >= 0.6 is 0 Å². The van der Waals surface area contributed by atoms with Gasteiger partial charge in [0.05, 0.1) is 6.42 Å². The van der Waals surface area contributed by atoms with Crippen molar-refractivity contribution in [1.29, 1.82) is 0 Å². The van der Waals surface area contributed by atoms with Crippen LogP contribution in [-0.4, -0.2) is 10.9 Å². The molecule has 0 radical (unpaired) electrons. The lowest BCUT2D eigenvalue weighted by Crippen LogP contribution is -2.15. The molecule has 0 spiro atoms. The highest BCUT2D eigenvalue weighted by atomic mass is 16.1. The van der Waals surface area contributed by atoms with E-state index in [-0.39, 0.29) is 5.91 Å². The number of aromatic nitrogens is 1. The number of hydrogen-bond acceptors (Lipinski definition) is 2. The molecule has 0 aliphatic carbocycles. The highest BCUT2D eigenvalue weighted by molar-refractivity contribution is 5.91. The topological polar surface area (TPSA) is 42.0 Å². The Morgan fingerprint density at radius 1 is 1.16 bits per heavy atom. The number of hydrogen-bond donors (Lipinski definition) is 1. The summed E-state index contributed by atoms with van der Waals surface area (Å²) in [4.78, 5) is 16.0. The second-order valence-corrected chi connectivity index (χ2v) is 4.82. The molecule has 1 heterocycles. The zero-order valence-electron chi connectivity index (χ0n) is 11.3. The molecular weight excluding hydrogens is 236 g/mol. The Kier molecular flexibility index (Phi) is 4.29. The lowest BCUT2D eigenvalue weighted by atomic mass is 10.0. The molecule has 0 aliphatic rings. The lowest BCUT2D eigenvalue weighted by Gasteiger charge is -2.08. The van der Waals surface area contributed by atoms with E-state index in [9.17, 15) is 4.79 Å². The first kappa shape index (κ1) is 13.3. The minimum absolute atomic E-state index is 0.0454. The highest BCUT2D eigenvalue weighted by Gasteiger charge is 2.05. The predicted octanol–water partition coefficient (Wildman–Crippen LogP) is 3.39. The normalized spacial score (nSPS) is 10.5. The third kappa shape index (κ3) is 3.91. The van der Waals surface area contributed by atoms with E-state index in [0.717, 1.165) is 11.4 Å². The van der Waals surface area contributed by atoms with Gasteiger partial charge in [0, 0.05) is 17.6 Å². The maximum atomic E-state index is 11.8. The minimum atomic E-state index is -0.0454. The molecule has 1 aromatic heterocycles. The molecule has 2 rings (SSSR count). The highest BCUT2D eigenvalue weighted by Crippen LogP contribution is 2.17. The van der Waals surface area contributed by atoms with Crippen molar-refractivity contribution in [3.8, 4) is 0 Å². The molecule has 0 unspecified atom stereocenters. The Morgan fingerprint density at radius 2 is 1.89 bits per heavy atom. The van der Waals surface area contributed by atoms with Gasteiger partial charge in [-0.1, -0.05) is 32.0 Å². The van der Waals surface area contributed by atoms with Gasteiger partial charge in [0.15, 0.2) is 0 Å². The summed E-state index contributed by atoms with van der Waals surface area (Å²) in [6, 6.07) is 13.5. The number of anilines is 1. The number of benzene rings is 1. The van der Waals surface area contributed by atoms with Crippen LogP contribution in [0.5, 0.6) is 0 Å². The second kappa shape index (κ2) is 6.14. The fourth-order valence-electron chi connectivity index (χ4n) is 1.82. The first-order valence-corrected chi connectivity index (χ1v) is 6.45. The number of pyridine rings is 1. The van der Waals surface area contributed by atoms with E-state index in [1.807, 2.05) is 42.5 Å². The minimum Gasteiger partial charge on any atom is -0.326 e. The molecular formula is C16H18N2O. The maximum absolute atomic E-state index is 11.8. The summed E-state index contributed by atoms with van der Waals surface area (Å²) in [5.74, 6) is 0.453. The Labute approximate surface area is 113 Å². The second-order valence-electron chi connectivity index (χ2n) is 4.82. The number of carbonyl (C=O) groups excluding carboxylic acids is 1. The van der Waals surface area contributed by atoms with Crippen LogP contribution in [0.4, 0.5) is 5.69 Å². The van der Waals surface area contributed by atoms with Gasteiger partial charge in [-0.25, -0.2) is 0 Å². The number of nitrogens with zero attached hydrogens (tertiary/aromatic N) is 1. The van der Waals surface area contributed by atoms with Crippen LogP contribution in [0.1, 0.15) is 31.0 Å². The van der Waals surface area contributed by atoms with Crippen LogP contribution in [0.3, 0.4) is 0 Å². The van der Waals surface area contributed by atoms with E-state index in [0.29, 0.717) is 12.3 Å². The van der Waals surface area contributed by atoms with Crippen molar-refractivity contribution in [1.82, 2.24) is 4.98 Å². The molecule has 1 N–H and O–H groups in total. The maximum Gasteiger partial charge on any atom is 0.230 e. The zero-order chi connectivity index (χ0) is 13.7. The lowest BCUT2D eigenvalue weighted by molar-refractivity contribution is -0.115. The van der Waals surface area contributed by atoms with Crippen molar-refractivity contribution in [3.05, 3.63) is 59.9 Å². The molecule has 98 valence electrons. The van der Waals surface area contributed by atoms with Crippen LogP contribution in [-0.2, 0) is 11.2 Å². The zero-order valence-corrected chi connectivity index (χ0v) is 11.3. The average molecular weight is 254 g/mol. The predicted molar refractivity (Wildman–Crippen MR) is 77.1 cm³/mol. The van der Waals surface area contributed by atoms with Crippen LogP contribution < -0.4 is 5.32 Å². The first-order chi connectivity index (χ1) is 9.15. The summed E-state index contributed by atoms with van der Waals surface area (Å²) in [6.45, 7) is 4.29. The fourth-order valence-corrected chi connectivity index (χ4v) is 1.82. The van der Waals surface area contributed by atoms with Gasteiger partial charge >= 0.3 is 0 Å². The van der Waals surface area contributed by atoms with E-state index < -0.39 is 0 Å². The van der Waals surface area contributed by atoms with E-state index in [2.05, 4.69) is 24.1 Å². The summed E-state index contributed by atoms with van der Waals surface area (Å²) in [6.07, 6.45) is 1.99. The molecule has 1 amide bonds. The van der Waals surface area contributed by atoms with Gasteiger partial charge in [-0.2, -0.15) is 0 Å². The van der Waals surface area contributed by atoms with Crippen LogP contribution in [0.15, 0.2) is 48.7 Å². The van der Waals surface area contributed by atoms with E-state index in [4.69, 9.17) is 0 Å². The molecule has 0 aliphatic heterocycles. The van der Waals surface area contributed by atoms with Crippen molar-refractivity contribution < 1.29 is 4.79 Å². The molecule has 0 fully saturated rings. The first-order valence-electron chi connectivity index (χ1n) is 6.45. The van der Waals surface area contributed by atoms with Crippen LogP contribution in [0.2, 0.25) is 0 Å². The van der Waals surface area contributed by atoms with Gasteiger partial charge in [-0.05, 0) is 35.7 Å². The molecule has 3 nitrogen and oxygen atoms in total. The summed E-state index contributed by atoms with van der Waals surface area (Å²) in [5, 5.41) is 2.88. The third-order valence-electron chi connectivity index (χ3n) is 2.93. The van der Waals surface area contributed by atoms with E-state index in [1.165, 1.54) is 5.56 Å². The number of nitrogens with one attached hydrogen (secondary N) is 1. The van der Waals surface area contributed by atoms with E-state index >= 15 is 0 Å². The Bertz CT molecular complexity index is 532. The van der Waals surface area contributed by atoms with Crippen LogP contribution in [0.25, 0.3) is 0 Å². The Balaban J connectivity index is 1.95. The van der Waals surface area contributed by atoms with Crippen molar-refractivity contribution >= 4 is 11.6 Å². The molecule has 0 saturated heterocycles. The number of carbonyl (C=O) groups is 1. The van der Waals surface area contributed by atoms with Gasteiger partial charge in [-0.3, -0.25) is 9.78 Å². The summed E-state index contributed by atoms with van der Waals surface area (Å²) >= 11 is 0.